The van der Waals surface area contributed by atoms with Crippen LogP contribution in [0.5, 0.6) is 0 Å². The zero-order valence-electron chi connectivity index (χ0n) is 8.49. The van der Waals surface area contributed by atoms with Gasteiger partial charge in [-0.1, -0.05) is 11.6 Å². The Hall–Kier alpha value is -1.75. The number of carbonyl (C=O) groups excluding carboxylic acids is 1. The van der Waals surface area contributed by atoms with E-state index in [0.717, 1.165) is 0 Å². The molecule has 16 heavy (non-hydrogen) atoms. The van der Waals surface area contributed by atoms with Crippen molar-refractivity contribution in [3.63, 3.8) is 0 Å². The summed E-state index contributed by atoms with van der Waals surface area (Å²) in [5, 5.41) is 2.92. The van der Waals surface area contributed by atoms with Gasteiger partial charge in [0.25, 0.3) is 0 Å². The number of hydrogen-bond donors (Lipinski definition) is 1. The highest BCUT2D eigenvalue weighted by Gasteiger charge is 2.11. The predicted octanol–water partition coefficient (Wildman–Crippen LogP) is 0.994. The van der Waals surface area contributed by atoms with Crippen LogP contribution in [-0.4, -0.2) is 17.5 Å². The quantitative estimate of drug-likeness (QED) is 0.852. The Labute approximate surface area is 95.6 Å². The van der Waals surface area contributed by atoms with Crippen LogP contribution < -0.4 is 11.1 Å². The smallest absolute Gasteiger partial charge is 0.408 e. The number of rotatable bonds is 2. The maximum atomic E-state index is 11.5. The van der Waals surface area contributed by atoms with Crippen molar-refractivity contribution in [2.45, 2.75) is 6.54 Å². The van der Waals surface area contributed by atoms with Gasteiger partial charge in [-0.15, -0.1) is 0 Å². The Morgan fingerprint density at radius 3 is 3.00 bits per heavy atom. The van der Waals surface area contributed by atoms with E-state index in [0.29, 0.717) is 16.1 Å². The maximum Gasteiger partial charge on any atom is 0.420 e. The Kier molecular flexibility index (Phi) is 2.70. The van der Waals surface area contributed by atoms with E-state index in [1.54, 1.807) is 18.2 Å². The highest BCUT2D eigenvalue weighted by Crippen LogP contribution is 2.18. The second-order valence-electron chi connectivity index (χ2n) is 3.24. The van der Waals surface area contributed by atoms with Crippen LogP contribution in [0.2, 0.25) is 5.02 Å². The van der Waals surface area contributed by atoms with Crippen molar-refractivity contribution in [3.05, 3.63) is 33.8 Å². The zero-order valence-corrected chi connectivity index (χ0v) is 9.25. The molecule has 5 nitrogen and oxygen atoms in total. The van der Waals surface area contributed by atoms with Crippen LogP contribution in [0.1, 0.15) is 0 Å². The van der Waals surface area contributed by atoms with E-state index in [4.69, 9.17) is 16.0 Å². The van der Waals surface area contributed by atoms with Crippen LogP contribution in [0.3, 0.4) is 0 Å². The van der Waals surface area contributed by atoms with E-state index < -0.39 is 5.76 Å². The van der Waals surface area contributed by atoms with Gasteiger partial charge in [-0.25, -0.2) is 4.79 Å². The first kappa shape index (κ1) is 10.8. The molecule has 1 aromatic carbocycles. The lowest BCUT2D eigenvalue weighted by atomic mass is 10.3. The molecule has 6 heteroatoms. The number of nitrogens with zero attached hydrogens (tertiary/aromatic N) is 1. The number of halogens is 1. The minimum absolute atomic E-state index is 0.0655. The minimum Gasteiger partial charge on any atom is -0.408 e. The summed E-state index contributed by atoms with van der Waals surface area (Å²) in [5.41, 5.74) is 0.930. The first-order valence-electron chi connectivity index (χ1n) is 4.61. The molecule has 0 saturated heterocycles. The van der Waals surface area contributed by atoms with Crippen LogP contribution >= 0.6 is 11.6 Å². The van der Waals surface area contributed by atoms with Crippen molar-refractivity contribution in [3.8, 4) is 0 Å². The molecule has 2 aromatic rings. The molecule has 0 aliphatic carbocycles. The average molecular weight is 241 g/mol. The van der Waals surface area contributed by atoms with Crippen molar-refractivity contribution in [1.29, 1.82) is 0 Å². The third-order valence-corrected chi connectivity index (χ3v) is 2.45. The van der Waals surface area contributed by atoms with Gasteiger partial charge in [0.1, 0.15) is 6.54 Å². The van der Waals surface area contributed by atoms with Crippen molar-refractivity contribution >= 4 is 28.6 Å². The molecule has 0 spiro atoms. The first-order chi connectivity index (χ1) is 7.61. The van der Waals surface area contributed by atoms with Crippen molar-refractivity contribution < 1.29 is 9.21 Å². The SMILES string of the molecule is CNC(=O)Cn1c(=O)oc2cc(Cl)ccc21. The molecule has 1 amide bonds. The number of carbonyl (C=O) groups is 1. The molecule has 0 aliphatic heterocycles. The number of fused-ring (bicyclic) bond motifs is 1. The third-order valence-electron chi connectivity index (χ3n) is 2.21. The Balaban J connectivity index is 2.56. The van der Waals surface area contributed by atoms with E-state index in [-0.39, 0.29) is 12.5 Å². The lowest BCUT2D eigenvalue weighted by Crippen LogP contribution is -2.27. The summed E-state index contributed by atoms with van der Waals surface area (Å²) >= 11 is 5.76. The summed E-state index contributed by atoms with van der Waals surface area (Å²) in [4.78, 5) is 22.7. The fourth-order valence-electron chi connectivity index (χ4n) is 1.41. The summed E-state index contributed by atoms with van der Waals surface area (Å²) in [6.45, 7) is -0.0655. The van der Waals surface area contributed by atoms with Crippen molar-refractivity contribution in [2.75, 3.05) is 7.05 Å². The molecule has 0 atom stereocenters. The van der Waals surface area contributed by atoms with Gasteiger partial charge in [0.2, 0.25) is 5.91 Å². The average Bonchev–Trinajstić information content (AvgIpc) is 2.54. The molecule has 1 N–H and O–H groups in total. The monoisotopic (exact) mass is 240 g/mol. The standard InChI is InChI=1S/C10H9ClN2O3/c1-12-9(14)5-13-7-3-2-6(11)4-8(7)16-10(13)15/h2-4H,5H2,1H3,(H,12,14). The fourth-order valence-corrected chi connectivity index (χ4v) is 1.57. The molecule has 0 saturated carbocycles. The number of hydrogen-bond acceptors (Lipinski definition) is 3. The maximum absolute atomic E-state index is 11.5. The molecule has 0 radical (unpaired) electrons. The van der Waals surface area contributed by atoms with Gasteiger partial charge in [-0.3, -0.25) is 9.36 Å². The molecule has 0 aliphatic rings. The summed E-state index contributed by atoms with van der Waals surface area (Å²) in [6, 6.07) is 4.82. The number of amides is 1. The highest BCUT2D eigenvalue weighted by molar-refractivity contribution is 6.31. The number of oxazole rings is 1. The van der Waals surface area contributed by atoms with Gasteiger partial charge in [0.05, 0.1) is 5.52 Å². The van der Waals surface area contributed by atoms with E-state index in [2.05, 4.69) is 5.32 Å². The summed E-state index contributed by atoms with van der Waals surface area (Å²) in [6.07, 6.45) is 0. The topological polar surface area (TPSA) is 64.2 Å². The molecular formula is C10H9ClN2O3. The summed E-state index contributed by atoms with van der Waals surface area (Å²) in [7, 11) is 1.51. The van der Waals surface area contributed by atoms with Crippen LogP contribution in [0.25, 0.3) is 11.1 Å². The predicted molar refractivity (Wildman–Crippen MR) is 59.6 cm³/mol. The molecule has 0 fully saturated rings. The van der Waals surface area contributed by atoms with Crippen molar-refractivity contribution in [1.82, 2.24) is 9.88 Å². The molecular weight excluding hydrogens is 232 g/mol. The zero-order chi connectivity index (χ0) is 11.7. The van der Waals surface area contributed by atoms with Crippen LogP contribution in [0.15, 0.2) is 27.4 Å². The van der Waals surface area contributed by atoms with Gasteiger partial charge in [0, 0.05) is 18.1 Å². The second-order valence-corrected chi connectivity index (χ2v) is 3.68. The minimum atomic E-state index is -0.569. The number of aromatic nitrogens is 1. The highest BCUT2D eigenvalue weighted by atomic mass is 35.5. The Bertz CT molecular complexity index is 600. The lowest BCUT2D eigenvalue weighted by Gasteiger charge is -2.00. The largest absolute Gasteiger partial charge is 0.420 e. The molecule has 2 rings (SSSR count). The second kappa shape index (κ2) is 4.02. The Morgan fingerprint density at radius 1 is 1.56 bits per heavy atom. The molecule has 0 bridgehead atoms. The van der Waals surface area contributed by atoms with E-state index in [9.17, 15) is 9.59 Å². The van der Waals surface area contributed by atoms with Crippen molar-refractivity contribution in [2.24, 2.45) is 0 Å². The molecule has 0 unspecified atom stereocenters. The van der Waals surface area contributed by atoms with Gasteiger partial charge in [-0.05, 0) is 12.1 Å². The Morgan fingerprint density at radius 2 is 2.31 bits per heavy atom. The number of likely N-dealkylation sites (N-methyl/N-ethyl adjacent to an activating group) is 1. The van der Waals surface area contributed by atoms with Crippen LogP contribution in [-0.2, 0) is 11.3 Å². The summed E-state index contributed by atoms with van der Waals surface area (Å²) < 4.78 is 6.22. The molecule has 84 valence electrons. The third kappa shape index (κ3) is 1.81. The van der Waals surface area contributed by atoms with Gasteiger partial charge < -0.3 is 9.73 Å². The number of benzene rings is 1. The fraction of sp³-hybridized carbons (Fsp3) is 0.200. The van der Waals surface area contributed by atoms with E-state index in [1.165, 1.54) is 11.6 Å². The van der Waals surface area contributed by atoms with Gasteiger partial charge in [0.15, 0.2) is 5.58 Å². The number of nitrogens with one attached hydrogen (secondary N) is 1. The lowest BCUT2D eigenvalue weighted by molar-refractivity contribution is -0.121. The van der Waals surface area contributed by atoms with Crippen LogP contribution in [0.4, 0.5) is 0 Å². The molecule has 1 aromatic heterocycles. The van der Waals surface area contributed by atoms with Gasteiger partial charge >= 0.3 is 5.76 Å². The van der Waals surface area contributed by atoms with Crippen LogP contribution in [0, 0.1) is 0 Å². The molecule has 1 heterocycles. The normalized spacial score (nSPS) is 10.6. The van der Waals surface area contributed by atoms with Gasteiger partial charge in [-0.2, -0.15) is 0 Å². The van der Waals surface area contributed by atoms with E-state index in [1.807, 2.05) is 0 Å². The summed E-state index contributed by atoms with van der Waals surface area (Å²) in [5.74, 6) is -0.833. The van der Waals surface area contributed by atoms with E-state index >= 15 is 0 Å². The first-order valence-corrected chi connectivity index (χ1v) is 4.99.